The molecule has 4 aromatic rings. The number of hydrogen-bond acceptors (Lipinski definition) is 14. The molecular weight excluding hydrogens is 1110 g/mol. The molecular formula is C51H60ClF8N3O13S2. The van der Waals surface area contributed by atoms with E-state index in [1.54, 1.807) is 14.2 Å². The number of carbonyl (C=O) groups is 2. The number of hydrogen-bond donors (Lipinski definition) is 2. The van der Waals surface area contributed by atoms with Crippen molar-refractivity contribution < 1.29 is 95.2 Å². The van der Waals surface area contributed by atoms with Gasteiger partial charge in [-0.25, -0.2) is 27.2 Å². The van der Waals surface area contributed by atoms with Gasteiger partial charge in [-0.1, -0.05) is 48.5 Å². The van der Waals surface area contributed by atoms with Crippen LogP contribution in [0.2, 0.25) is 0 Å². The third-order valence-corrected chi connectivity index (χ3v) is 18.5. The molecule has 432 valence electrons. The van der Waals surface area contributed by atoms with E-state index >= 15 is 0 Å². The van der Waals surface area contributed by atoms with Crippen molar-refractivity contribution in [3.05, 3.63) is 97.1 Å². The number of carboxylic acid groups (broad SMARTS) is 1. The van der Waals surface area contributed by atoms with Crippen LogP contribution < -0.4 is 15.0 Å². The maximum atomic E-state index is 14.1. The summed E-state index contributed by atoms with van der Waals surface area (Å²) >= 11 is 0. The summed E-state index contributed by atoms with van der Waals surface area (Å²) in [5.74, 6) is -3.07. The van der Waals surface area contributed by atoms with E-state index in [4.69, 9.17) is 19.0 Å². The monoisotopic (exact) mass is 1170 g/mol. The molecule has 1 atom stereocenters. The van der Waals surface area contributed by atoms with Crippen LogP contribution in [0.3, 0.4) is 0 Å². The van der Waals surface area contributed by atoms with E-state index in [-0.39, 0.29) is 47.9 Å². The molecule has 2 N–H and O–H groups in total. The van der Waals surface area contributed by atoms with E-state index < -0.39 is 83.9 Å². The number of nitrogens with zero attached hydrogens (tertiary/aromatic N) is 2. The van der Waals surface area contributed by atoms with Gasteiger partial charge < -0.3 is 38.6 Å². The van der Waals surface area contributed by atoms with Crippen LogP contribution in [0.5, 0.6) is 11.5 Å². The van der Waals surface area contributed by atoms with Crippen molar-refractivity contribution in [2.75, 3.05) is 73.3 Å². The third-order valence-electron chi connectivity index (χ3n) is 13.5. The van der Waals surface area contributed by atoms with Gasteiger partial charge in [0.1, 0.15) is 11.5 Å². The second-order valence-electron chi connectivity index (χ2n) is 18.3. The first kappa shape index (κ1) is 63.6. The number of carboxylic acids is 1. The Hall–Kier alpha value is -5.19. The zero-order chi connectivity index (χ0) is 56.2. The van der Waals surface area contributed by atoms with Gasteiger partial charge in [-0.15, -0.1) is 12.4 Å². The molecule has 27 heteroatoms. The molecule has 3 fully saturated rings. The Labute approximate surface area is 452 Å². The summed E-state index contributed by atoms with van der Waals surface area (Å²) in [6.45, 7) is 3.89. The molecule has 3 heterocycles. The number of hydroxylamine groups is 1. The minimum absolute atomic E-state index is 0. The lowest BCUT2D eigenvalue weighted by molar-refractivity contribution is -0.253. The van der Waals surface area contributed by atoms with E-state index in [1.807, 2.05) is 9.80 Å². The number of rotatable bonds is 22. The van der Waals surface area contributed by atoms with Crippen molar-refractivity contribution in [3.63, 3.8) is 0 Å². The second kappa shape index (κ2) is 27.3. The molecule has 3 aliphatic heterocycles. The molecule has 0 bridgehead atoms. The van der Waals surface area contributed by atoms with Crippen molar-refractivity contribution in [1.29, 1.82) is 0 Å². The summed E-state index contributed by atoms with van der Waals surface area (Å²) in [5.41, 5.74) is 4.40. The first-order chi connectivity index (χ1) is 36.4. The fourth-order valence-corrected chi connectivity index (χ4v) is 12.7. The van der Waals surface area contributed by atoms with Crippen molar-refractivity contribution in [1.82, 2.24) is 15.3 Å². The summed E-state index contributed by atoms with van der Waals surface area (Å²) in [5, 5.41) is 9.89. The number of sulfone groups is 2. The van der Waals surface area contributed by atoms with Gasteiger partial charge >= 0.3 is 31.0 Å². The van der Waals surface area contributed by atoms with Crippen LogP contribution >= 0.6 is 12.4 Å². The molecule has 7 rings (SSSR count). The van der Waals surface area contributed by atoms with Gasteiger partial charge in [-0.2, -0.15) is 35.1 Å². The number of carbonyl (C=O) groups excluding carboxylic acids is 1. The minimum Gasteiger partial charge on any atom is -0.480 e. The van der Waals surface area contributed by atoms with Gasteiger partial charge in [0.05, 0.1) is 23.0 Å². The van der Waals surface area contributed by atoms with E-state index in [0.717, 1.165) is 37.1 Å². The predicted octanol–water partition coefficient (Wildman–Crippen LogP) is 8.77. The Morgan fingerprint density at radius 1 is 0.628 bits per heavy atom. The van der Waals surface area contributed by atoms with Crippen LogP contribution in [-0.4, -0.2) is 158 Å². The summed E-state index contributed by atoms with van der Waals surface area (Å²) in [6.07, 6.45) is -15.6. The number of halogens is 9. The van der Waals surface area contributed by atoms with Gasteiger partial charge in [0.2, 0.25) is 0 Å². The quantitative estimate of drug-likeness (QED) is 0.0559. The van der Waals surface area contributed by atoms with Crippen molar-refractivity contribution in [2.24, 2.45) is 0 Å². The third kappa shape index (κ3) is 15.0. The molecule has 1 amide bonds. The van der Waals surface area contributed by atoms with Crippen LogP contribution in [0.4, 0.5) is 35.1 Å². The molecule has 16 nitrogen and oxygen atoms in total. The number of piperidine rings is 2. The smallest absolute Gasteiger partial charge is 0.461 e. The maximum Gasteiger partial charge on any atom is 0.461 e. The number of benzene rings is 4. The summed E-state index contributed by atoms with van der Waals surface area (Å²) in [7, 11) is -5.32. The number of alkyl halides is 8. The highest BCUT2D eigenvalue weighted by Gasteiger charge is 2.55. The molecule has 3 aliphatic rings. The van der Waals surface area contributed by atoms with Crippen molar-refractivity contribution in [2.45, 2.75) is 95.6 Å². The Morgan fingerprint density at radius 2 is 0.987 bits per heavy atom. The average molecular weight is 1170 g/mol. The Kier molecular flexibility index (Phi) is 22.3. The van der Waals surface area contributed by atoms with Gasteiger partial charge in [-0.3, -0.25) is 9.59 Å². The second-order valence-corrected chi connectivity index (χ2v) is 22.9. The van der Waals surface area contributed by atoms with Crippen molar-refractivity contribution >= 4 is 44.0 Å². The normalized spacial score (nSPS) is 18.3. The zero-order valence-electron chi connectivity index (χ0n) is 42.3. The topological polar surface area (TPSA) is 197 Å². The first-order valence-electron chi connectivity index (χ1n) is 24.3. The van der Waals surface area contributed by atoms with E-state index in [0.29, 0.717) is 87.8 Å². The number of ether oxygens (including phenoxy) is 5. The number of aliphatic carboxylic acids is 1. The summed E-state index contributed by atoms with van der Waals surface area (Å²) < 4.78 is 177. The number of methoxy groups -OCH3 is 2. The molecule has 0 aliphatic carbocycles. The highest BCUT2D eigenvalue weighted by atomic mass is 35.5. The molecule has 0 saturated carbocycles. The summed E-state index contributed by atoms with van der Waals surface area (Å²) in [4.78, 5) is 34.9. The lowest BCUT2D eigenvalue weighted by atomic mass is 9.95. The molecule has 3 saturated heterocycles. The number of nitrogens with one attached hydrogen (secondary N) is 1. The fourth-order valence-electron chi connectivity index (χ4n) is 8.89. The van der Waals surface area contributed by atoms with Gasteiger partial charge in [0.15, 0.2) is 35.5 Å². The summed E-state index contributed by atoms with van der Waals surface area (Å²) in [6, 6.07) is 21.2. The molecule has 0 spiro atoms. The van der Waals surface area contributed by atoms with Crippen LogP contribution in [0, 0.1) is 0 Å². The van der Waals surface area contributed by atoms with E-state index in [9.17, 15) is 66.7 Å². The lowest BCUT2D eigenvalue weighted by Crippen LogP contribution is -2.58. The average Bonchev–Trinajstić information content (AvgIpc) is 3.47. The standard InChI is InChI=1S/C28H34F4N2O7S.C23H25F4NO6S.ClH/c1-38-19-17-34-15-13-27(14-16-34,26(35)33-41-24-4-2-3-18-39-24)42(36,37)23-11-7-21(8-12-23)20-5-9-22(10-6-20)40-28(31,32)25(29)30;1-33-15-14-28-12-10-22(11-13-28,21(29)30)35(31,32)19-8-4-17(5-9-19)16-2-6-18(7-3-16)34-23(26,27)20(24)25;/h5-12,24-25H,2-4,13-19H2,1H3,(H,33,35);2-9,20H,10-15H2,1H3,(H,29,30);1H. The Morgan fingerprint density at radius 3 is 1.32 bits per heavy atom. The van der Waals surface area contributed by atoms with Crippen LogP contribution in [0.15, 0.2) is 107 Å². The highest BCUT2D eigenvalue weighted by molar-refractivity contribution is 7.94. The molecule has 78 heavy (non-hydrogen) atoms. The SMILES string of the molecule is COCCN1CCC(C(=O)NOC2CCCCO2)(S(=O)(=O)c2ccc(-c3ccc(OC(F)(F)C(F)F)cc3)cc2)CC1.COCCN1CCC(C(=O)O)(S(=O)(=O)c2ccc(-c3ccc(OC(F)(F)C(F)F)cc3)cc2)CC1.Cl. The molecule has 1 unspecified atom stereocenters. The fraction of sp³-hybridized carbons (Fsp3) is 0.490. The minimum atomic E-state index is -4.63. The number of amides is 1. The van der Waals surface area contributed by atoms with Crippen LogP contribution in [0.1, 0.15) is 44.9 Å². The van der Waals surface area contributed by atoms with Gasteiger partial charge in [0.25, 0.3) is 5.91 Å². The Bertz CT molecular complexity index is 2790. The highest BCUT2D eigenvalue weighted by Crippen LogP contribution is 2.39. The van der Waals surface area contributed by atoms with E-state index in [1.165, 1.54) is 72.8 Å². The van der Waals surface area contributed by atoms with E-state index in [2.05, 4.69) is 15.0 Å². The lowest BCUT2D eigenvalue weighted by Gasteiger charge is -2.40. The largest absolute Gasteiger partial charge is 0.480 e. The predicted molar refractivity (Wildman–Crippen MR) is 270 cm³/mol. The zero-order valence-corrected chi connectivity index (χ0v) is 44.7. The molecule has 4 aromatic carbocycles. The van der Waals surface area contributed by atoms with Crippen LogP contribution in [0.25, 0.3) is 22.3 Å². The Balaban J connectivity index is 0.000000288. The first-order valence-corrected chi connectivity index (χ1v) is 27.2. The molecule has 0 radical (unpaired) electrons. The maximum absolute atomic E-state index is 14.1. The molecule has 0 aromatic heterocycles. The van der Waals surface area contributed by atoms with Crippen LogP contribution in [-0.2, 0) is 48.3 Å². The number of likely N-dealkylation sites (tertiary alicyclic amines) is 2. The van der Waals surface area contributed by atoms with Gasteiger partial charge in [0, 0.05) is 66.5 Å². The van der Waals surface area contributed by atoms with Crippen molar-refractivity contribution in [3.8, 4) is 33.8 Å². The van der Waals surface area contributed by atoms with Gasteiger partial charge in [-0.05, 0) is 109 Å².